The lowest BCUT2D eigenvalue weighted by Crippen LogP contribution is -2.25. The summed E-state index contributed by atoms with van der Waals surface area (Å²) in [5.41, 5.74) is -0.0671. The summed E-state index contributed by atoms with van der Waals surface area (Å²) in [5, 5.41) is 27.5. The van der Waals surface area contributed by atoms with E-state index in [1.54, 1.807) is 12.2 Å². The van der Waals surface area contributed by atoms with Crippen LogP contribution in [-0.4, -0.2) is 27.0 Å². The smallest absolute Gasteiger partial charge is 0.276 e. The number of nitrogens with zero attached hydrogens (tertiary/aromatic N) is 1. The van der Waals surface area contributed by atoms with Gasteiger partial charge in [-0.25, -0.2) is 0 Å². The van der Waals surface area contributed by atoms with E-state index in [-0.39, 0.29) is 10.6 Å². The standard InChI is InChI=1S/C6H7NO3/c8-6-4-2-1-3-5(6)7(9)10/h1-4,6,8H,(H,9,10). The van der Waals surface area contributed by atoms with Gasteiger partial charge in [0.1, 0.15) is 0 Å². The second-order valence-corrected chi connectivity index (χ2v) is 1.89. The number of aliphatic hydroxyl groups excluding tert-OH is 1. The molecule has 10 heavy (non-hydrogen) atoms. The van der Waals surface area contributed by atoms with Gasteiger partial charge < -0.3 is 10.3 Å². The molecule has 0 amide bonds. The molecule has 1 atom stereocenters. The minimum atomic E-state index is -0.993. The Kier molecular flexibility index (Phi) is 1.73. The van der Waals surface area contributed by atoms with E-state index in [1.807, 2.05) is 0 Å². The quantitative estimate of drug-likeness (QED) is 0.279. The number of rotatable bonds is 0. The Bertz CT molecular complexity index is 213. The van der Waals surface area contributed by atoms with Crippen LogP contribution in [0.3, 0.4) is 0 Å². The van der Waals surface area contributed by atoms with Gasteiger partial charge in [-0.05, 0) is 6.08 Å². The van der Waals surface area contributed by atoms with Crippen molar-refractivity contribution in [3.63, 3.8) is 0 Å². The summed E-state index contributed by atoms with van der Waals surface area (Å²) in [4.78, 5) is -0.343. The number of aliphatic hydroxyl groups is 1. The molecule has 0 aromatic heterocycles. The molecule has 0 aliphatic heterocycles. The van der Waals surface area contributed by atoms with Gasteiger partial charge in [-0.3, -0.25) is 5.21 Å². The van der Waals surface area contributed by atoms with E-state index in [0.717, 1.165) is 0 Å². The fourth-order valence-corrected chi connectivity index (χ4v) is 0.698. The van der Waals surface area contributed by atoms with Gasteiger partial charge in [0.15, 0.2) is 6.10 Å². The number of hydrogen-bond donors (Lipinski definition) is 2. The highest BCUT2D eigenvalue weighted by Crippen LogP contribution is 1.99. The Balaban J connectivity index is 2.91. The van der Waals surface area contributed by atoms with Gasteiger partial charge in [0.2, 0.25) is 0 Å². The molecule has 0 spiro atoms. The first-order valence-corrected chi connectivity index (χ1v) is 2.78. The molecule has 0 heterocycles. The summed E-state index contributed by atoms with van der Waals surface area (Å²) in [7, 11) is 0. The van der Waals surface area contributed by atoms with E-state index in [9.17, 15) is 5.21 Å². The van der Waals surface area contributed by atoms with Gasteiger partial charge in [0, 0.05) is 11.0 Å². The molecule has 4 heteroatoms. The molecule has 0 bridgehead atoms. The Morgan fingerprint density at radius 2 is 2.20 bits per heavy atom. The minimum absolute atomic E-state index is 0.0671. The van der Waals surface area contributed by atoms with Crippen molar-refractivity contribution in [3.05, 3.63) is 29.5 Å². The highest BCUT2D eigenvalue weighted by atomic mass is 16.8. The highest BCUT2D eigenvalue weighted by Gasteiger charge is 2.17. The summed E-state index contributed by atoms with van der Waals surface area (Å²) in [5.74, 6) is 0. The van der Waals surface area contributed by atoms with Crippen LogP contribution in [0.4, 0.5) is 0 Å². The largest absolute Gasteiger partial charge is 0.417 e. The predicted octanol–water partition coefficient (Wildman–Crippen LogP) is -0.186. The van der Waals surface area contributed by atoms with Crippen molar-refractivity contribution in [2.45, 2.75) is 6.10 Å². The Morgan fingerprint density at radius 3 is 2.60 bits per heavy atom. The molecular formula is C6H7NO3. The maximum absolute atomic E-state index is 10.2. The summed E-state index contributed by atoms with van der Waals surface area (Å²) in [6.45, 7) is 0. The summed E-state index contributed by atoms with van der Waals surface area (Å²) in [6.07, 6.45) is 4.90. The van der Waals surface area contributed by atoms with Crippen LogP contribution in [0, 0.1) is 5.21 Å². The van der Waals surface area contributed by atoms with E-state index in [2.05, 4.69) is 0 Å². The molecule has 0 saturated carbocycles. The van der Waals surface area contributed by atoms with Crippen LogP contribution in [-0.2, 0) is 0 Å². The summed E-state index contributed by atoms with van der Waals surface area (Å²) < 4.78 is 0. The van der Waals surface area contributed by atoms with Gasteiger partial charge in [0.25, 0.3) is 5.71 Å². The van der Waals surface area contributed by atoms with Gasteiger partial charge in [-0.2, -0.15) is 0 Å². The molecule has 1 unspecified atom stereocenters. The SMILES string of the molecule is [O-][N+](O)=C1C=CC=CC1O. The Labute approximate surface area is 57.6 Å². The number of allylic oxidation sites excluding steroid dienone is 2. The van der Waals surface area contributed by atoms with Gasteiger partial charge in [-0.15, -0.1) is 0 Å². The zero-order valence-electron chi connectivity index (χ0n) is 5.14. The van der Waals surface area contributed by atoms with Gasteiger partial charge in [0.05, 0.1) is 0 Å². The molecule has 1 aliphatic rings. The maximum atomic E-state index is 10.2. The summed E-state index contributed by atoms with van der Waals surface area (Å²) in [6, 6.07) is 0. The van der Waals surface area contributed by atoms with Crippen LogP contribution >= 0.6 is 0 Å². The number of hydrogen-bond acceptors (Lipinski definition) is 3. The van der Waals surface area contributed by atoms with Crippen LogP contribution < -0.4 is 0 Å². The predicted molar refractivity (Wildman–Crippen MR) is 34.7 cm³/mol. The van der Waals surface area contributed by atoms with Crippen LogP contribution in [0.15, 0.2) is 24.3 Å². The molecule has 0 aromatic carbocycles. The molecule has 0 aromatic rings. The molecule has 0 fully saturated rings. The molecule has 4 nitrogen and oxygen atoms in total. The second-order valence-electron chi connectivity index (χ2n) is 1.89. The van der Waals surface area contributed by atoms with E-state index < -0.39 is 6.10 Å². The van der Waals surface area contributed by atoms with Crippen molar-refractivity contribution in [1.29, 1.82) is 0 Å². The van der Waals surface area contributed by atoms with Crippen LogP contribution in [0.5, 0.6) is 0 Å². The van der Waals surface area contributed by atoms with Crippen molar-refractivity contribution in [3.8, 4) is 0 Å². The molecule has 0 radical (unpaired) electrons. The van der Waals surface area contributed by atoms with Crippen molar-refractivity contribution >= 4 is 5.71 Å². The normalized spacial score (nSPS) is 28.7. The maximum Gasteiger partial charge on any atom is 0.276 e. The monoisotopic (exact) mass is 141 g/mol. The lowest BCUT2D eigenvalue weighted by molar-refractivity contribution is -0.726. The van der Waals surface area contributed by atoms with E-state index in [1.165, 1.54) is 12.2 Å². The van der Waals surface area contributed by atoms with Crippen LogP contribution in [0.25, 0.3) is 0 Å². The van der Waals surface area contributed by atoms with Crippen molar-refractivity contribution in [2.24, 2.45) is 0 Å². The van der Waals surface area contributed by atoms with E-state index in [4.69, 9.17) is 10.3 Å². The summed E-state index contributed by atoms with van der Waals surface area (Å²) >= 11 is 0. The molecule has 54 valence electrons. The van der Waals surface area contributed by atoms with Crippen LogP contribution in [0.2, 0.25) is 0 Å². The van der Waals surface area contributed by atoms with Gasteiger partial charge in [-0.1, -0.05) is 12.2 Å². The molecule has 1 aliphatic carbocycles. The van der Waals surface area contributed by atoms with Gasteiger partial charge >= 0.3 is 0 Å². The highest BCUT2D eigenvalue weighted by molar-refractivity contribution is 5.96. The second kappa shape index (κ2) is 2.53. The first kappa shape index (κ1) is 6.82. The average Bonchev–Trinajstić information content (AvgIpc) is 1.88. The third kappa shape index (κ3) is 1.16. The Hall–Kier alpha value is -1.29. The Morgan fingerprint density at radius 1 is 1.50 bits per heavy atom. The fraction of sp³-hybridized carbons (Fsp3) is 0.167. The van der Waals surface area contributed by atoms with Crippen molar-refractivity contribution < 1.29 is 15.2 Å². The zero-order valence-corrected chi connectivity index (χ0v) is 5.14. The van der Waals surface area contributed by atoms with Crippen molar-refractivity contribution in [2.75, 3.05) is 0 Å². The first-order valence-electron chi connectivity index (χ1n) is 2.78. The first-order chi connectivity index (χ1) is 4.72. The minimum Gasteiger partial charge on any atom is -0.417 e. The third-order valence-corrected chi connectivity index (χ3v) is 1.20. The average molecular weight is 141 g/mol. The lowest BCUT2D eigenvalue weighted by atomic mass is 10.1. The van der Waals surface area contributed by atoms with E-state index in [0.29, 0.717) is 0 Å². The molecular weight excluding hydrogens is 134 g/mol. The third-order valence-electron chi connectivity index (χ3n) is 1.20. The fourth-order valence-electron chi connectivity index (χ4n) is 0.698. The van der Waals surface area contributed by atoms with Crippen LogP contribution in [0.1, 0.15) is 0 Å². The lowest BCUT2D eigenvalue weighted by Gasteiger charge is -2.03. The zero-order chi connectivity index (χ0) is 7.56. The van der Waals surface area contributed by atoms with Crippen molar-refractivity contribution in [1.82, 2.24) is 0 Å². The van der Waals surface area contributed by atoms with E-state index >= 15 is 0 Å². The topological polar surface area (TPSA) is 66.5 Å². The molecule has 0 saturated heterocycles. The molecule has 2 N–H and O–H groups in total. The molecule has 1 rings (SSSR count).